The van der Waals surface area contributed by atoms with Gasteiger partial charge in [-0.05, 0) is 25.3 Å². The maximum Gasteiger partial charge on any atom is 0.167 e. The van der Waals surface area contributed by atoms with Crippen molar-refractivity contribution < 1.29 is 14.2 Å². The van der Waals surface area contributed by atoms with E-state index in [4.69, 9.17) is 14.2 Å². The van der Waals surface area contributed by atoms with E-state index in [2.05, 4.69) is 6.92 Å². The first-order valence-corrected chi connectivity index (χ1v) is 8.51. The Kier molecular flexibility index (Phi) is 4.05. The van der Waals surface area contributed by atoms with Crippen molar-refractivity contribution in [2.24, 2.45) is 5.92 Å². The van der Waals surface area contributed by atoms with Gasteiger partial charge < -0.3 is 14.2 Å². The molecule has 1 aliphatic carbocycles. The van der Waals surface area contributed by atoms with Gasteiger partial charge in [0.15, 0.2) is 5.79 Å². The van der Waals surface area contributed by atoms with Crippen LogP contribution in [-0.4, -0.2) is 41.7 Å². The summed E-state index contributed by atoms with van der Waals surface area (Å²) in [7, 11) is 3.55. The van der Waals surface area contributed by atoms with Gasteiger partial charge in [0.25, 0.3) is 0 Å². The van der Waals surface area contributed by atoms with Crippen LogP contribution in [0.25, 0.3) is 0 Å². The average Bonchev–Trinajstić information content (AvgIpc) is 3.09. The quantitative estimate of drug-likeness (QED) is 0.404. The summed E-state index contributed by atoms with van der Waals surface area (Å²) in [6.07, 6.45) is 4.58. The highest BCUT2D eigenvalue weighted by molar-refractivity contribution is 6.35. The normalized spacial score (nSPS) is 34.3. The molecule has 2 rings (SSSR count). The zero-order valence-electron chi connectivity index (χ0n) is 10.7. The summed E-state index contributed by atoms with van der Waals surface area (Å²) in [5.41, 5.74) is 0. The van der Waals surface area contributed by atoms with Gasteiger partial charge in [-0.15, -0.1) is 0 Å². The number of hydrogen-bond donors (Lipinski definition) is 0. The van der Waals surface area contributed by atoms with Crippen molar-refractivity contribution in [3.8, 4) is 0 Å². The van der Waals surface area contributed by atoms with E-state index in [0.29, 0.717) is 18.1 Å². The number of epoxide rings is 1. The fourth-order valence-corrected chi connectivity index (χ4v) is 4.71. The molecule has 0 aromatic rings. The highest BCUT2D eigenvalue weighted by atomic mass is 28.2. The Hall–Kier alpha value is 0.0969. The van der Waals surface area contributed by atoms with Crippen molar-refractivity contribution in [1.82, 2.24) is 0 Å². The first-order chi connectivity index (χ1) is 7.75. The fourth-order valence-electron chi connectivity index (χ4n) is 3.05. The summed E-state index contributed by atoms with van der Waals surface area (Å²) < 4.78 is 17.1. The van der Waals surface area contributed by atoms with Crippen molar-refractivity contribution in [3.63, 3.8) is 0 Å². The highest BCUT2D eigenvalue weighted by Crippen LogP contribution is 2.45. The molecule has 3 nitrogen and oxygen atoms in total. The van der Waals surface area contributed by atoms with Crippen LogP contribution in [0.15, 0.2) is 0 Å². The monoisotopic (exact) mass is 244 g/mol. The first-order valence-electron chi connectivity index (χ1n) is 6.51. The van der Waals surface area contributed by atoms with E-state index in [-0.39, 0.29) is 15.3 Å². The summed E-state index contributed by atoms with van der Waals surface area (Å²) in [6.45, 7) is 2.27. The molecule has 94 valence electrons. The van der Waals surface area contributed by atoms with E-state index in [1.165, 1.54) is 18.9 Å². The van der Waals surface area contributed by atoms with Gasteiger partial charge in [-0.25, -0.2) is 0 Å². The molecule has 0 bridgehead atoms. The maximum absolute atomic E-state index is 5.75. The predicted molar refractivity (Wildman–Crippen MR) is 66.6 cm³/mol. The van der Waals surface area contributed by atoms with Crippen LogP contribution >= 0.6 is 0 Å². The second-order valence-corrected chi connectivity index (χ2v) is 7.25. The minimum absolute atomic E-state index is 0.0435. The van der Waals surface area contributed by atoms with Crippen LogP contribution < -0.4 is 0 Å². The molecule has 0 aromatic carbocycles. The van der Waals surface area contributed by atoms with Gasteiger partial charge in [-0.1, -0.05) is 13.0 Å². The summed E-state index contributed by atoms with van der Waals surface area (Å²) in [5, 5.41) is 0. The number of hydrogen-bond acceptors (Lipinski definition) is 3. The third-order valence-corrected chi connectivity index (χ3v) is 5.95. The zero-order chi connectivity index (χ0) is 11.6. The fraction of sp³-hybridized carbons (Fsp3) is 1.00. The van der Waals surface area contributed by atoms with Gasteiger partial charge in [0.05, 0.1) is 12.2 Å². The van der Waals surface area contributed by atoms with Crippen LogP contribution in [0.2, 0.25) is 12.1 Å². The molecule has 0 N–H and O–H groups in total. The molecule has 0 radical (unpaired) electrons. The Balaban J connectivity index is 1.98. The topological polar surface area (TPSA) is 31.0 Å². The molecule has 1 saturated carbocycles. The minimum Gasteiger partial charge on any atom is -0.370 e. The Labute approximate surface area is 101 Å². The lowest BCUT2D eigenvalue weighted by Crippen LogP contribution is -2.44. The van der Waals surface area contributed by atoms with Crippen LogP contribution in [0, 0.1) is 5.92 Å². The maximum atomic E-state index is 5.75. The van der Waals surface area contributed by atoms with E-state index in [9.17, 15) is 0 Å². The molecule has 2 fully saturated rings. The third-order valence-electron chi connectivity index (χ3n) is 4.20. The second kappa shape index (κ2) is 5.17. The molecule has 3 unspecified atom stereocenters. The molecule has 0 amide bonds. The van der Waals surface area contributed by atoms with Gasteiger partial charge in [0.1, 0.15) is 0 Å². The molecule has 3 atom stereocenters. The van der Waals surface area contributed by atoms with E-state index in [0.717, 1.165) is 12.5 Å². The van der Waals surface area contributed by atoms with Crippen molar-refractivity contribution in [2.75, 3.05) is 14.2 Å². The smallest absolute Gasteiger partial charge is 0.167 e. The summed E-state index contributed by atoms with van der Waals surface area (Å²) >= 11 is 0. The molecule has 1 saturated heterocycles. The van der Waals surface area contributed by atoms with E-state index in [1.54, 1.807) is 14.2 Å². The molecular weight excluding hydrogens is 220 g/mol. The van der Waals surface area contributed by atoms with Crippen LogP contribution in [-0.2, 0) is 14.2 Å². The number of rotatable bonds is 6. The lowest BCUT2D eigenvalue weighted by molar-refractivity contribution is -0.231. The number of methoxy groups -OCH3 is 2. The Morgan fingerprint density at radius 3 is 2.56 bits per heavy atom. The molecule has 1 heterocycles. The van der Waals surface area contributed by atoms with Crippen LogP contribution in [0.4, 0.5) is 0 Å². The molecule has 0 aromatic heterocycles. The summed E-state index contributed by atoms with van der Waals surface area (Å²) in [6, 6.07) is 2.46. The number of fused-ring (bicyclic) bond motifs is 1. The Bertz CT molecular complexity index is 230. The predicted octanol–water partition coefficient (Wildman–Crippen LogP) is 1.57. The molecule has 1 aliphatic heterocycles. The Morgan fingerprint density at radius 1 is 1.25 bits per heavy atom. The minimum atomic E-state index is -0.306. The summed E-state index contributed by atoms with van der Waals surface area (Å²) in [4.78, 5) is 0. The largest absolute Gasteiger partial charge is 0.370 e. The highest BCUT2D eigenvalue weighted by Gasteiger charge is 2.50. The van der Waals surface area contributed by atoms with Gasteiger partial charge >= 0.3 is 0 Å². The molecular formula is C12H24O3Si. The SMILES string of the molecule is CC[SiH2]CC(OC)(OC)C1CCC2OC2C1. The van der Waals surface area contributed by atoms with E-state index in [1.807, 2.05) is 0 Å². The first kappa shape index (κ1) is 12.6. The lowest BCUT2D eigenvalue weighted by atomic mass is 9.83. The van der Waals surface area contributed by atoms with E-state index < -0.39 is 0 Å². The number of ether oxygens (including phenoxy) is 3. The third kappa shape index (κ3) is 2.35. The second-order valence-electron chi connectivity index (χ2n) is 5.05. The zero-order valence-corrected chi connectivity index (χ0v) is 12.1. The van der Waals surface area contributed by atoms with Crippen LogP contribution in [0.1, 0.15) is 26.2 Å². The van der Waals surface area contributed by atoms with Crippen molar-refractivity contribution >= 4 is 9.52 Å². The van der Waals surface area contributed by atoms with Gasteiger partial charge in [0, 0.05) is 29.7 Å². The Morgan fingerprint density at radius 2 is 2.00 bits per heavy atom. The van der Waals surface area contributed by atoms with Crippen molar-refractivity contribution in [2.45, 2.75) is 56.3 Å². The van der Waals surface area contributed by atoms with Crippen LogP contribution in [0.5, 0.6) is 0 Å². The molecule has 4 heteroatoms. The molecule has 16 heavy (non-hydrogen) atoms. The average molecular weight is 244 g/mol. The lowest BCUT2D eigenvalue weighted by Gasteiger charge is -2.39. The van der Waals surface area contributed by atoms with E-state index >= 15 is 0 Å². The van der Waals surface area contributed by atoms with Gasteiger partial charge in [0.2, 0.25) is 0 Å². The van der Waals surface area contributed by atoms with Crippen molar-refractivity contribution in [3.05, 3.63) is 0 Å². The summed E-state index contributed by atoms with van der Waals surface area (Å²) in [5.74, 6) is 0.226. The molecule has 0 spiro atoms. The standard InChI is InChI=1S/C12H24O3Si/c1-4-16-8-12(13-2,14-3)9-5-6-10-11(7-9)15-10/h9-11H,4-8,16H2,1-3H3. The van der Waals surface area contributed by atoms with Gasteiger partial charge in [-0.3, -0.25) is 0 Å². The van der Waals surface area contributed by atoms with Crippen molar-refractivity contribution in [1.29, 1.82) is 0 Å². The van der Waals surface area contributed by atoms with Gasteiger partial charge in [-0.2, -0.15) is 0 Å². The van der Waals surface area contributed by atoms with Crippen LogP contribution in [0.3, 0.4) is 0 Å². The molecule has 2 aliphatic rings.